The highest BCUT2D eigenvalue weighted by molar-refractivity contribution is 6.01. The van der Waals surface area contributed by atoms with Crippen molar-refractivity contribution in [3.63, 3.8) is 0 Å². The van der Waals surface area contributed by atoms with E-state index in [1.54, 1.807) is 0 Å². The number of hydrogen-bond donors (Lipinski definition) is 0. The Morgan fingerprint density at radius 3 is 0.653 bits per heavy atom. The molecule has 21 aromatic carbocycles. The van der Waals surface area contributed by atoms with E-state index in [1.807, 2.05) is 24.3 Å². The first-order valence-electron chi connectivity index (χ1n) is 51.0. The first-order valence-corrected chi connectivity index (χ1v) is 51.0. The lowest BCUT2D eigenvalue weighted by molar-refractivity contribution is 0.436. The molecule has 0 atom stereocenters. The molecule has 10 nitrogen and oxygen atoms in total. The van der Waals surface area contributed by atoms with Crippen molar-refractivity contribution in [3.05, 3.63) is 582 Å². The summed E-state index contributed by atoms with van der Waals surface area (Å²) in [6.07, 6.45) is 0. The summed E-state index contributed by atoms with van der Waals surface area (Å²) in [6.45, 7) is 0. The summed E-state index contributed by atoms with van der Waals surface area (Å²) in [6, 6.07) is 184. The number of ether oxygens (including phenoxy) is 3. The molecule has 10 heteroatoms. The first-order chi connectivity index (χ1) is 74.3. The van der Waals surface area contributed by atoms with E-state index in [-0.39, 0.29) is 0 Å². The molecule has 3 aromatic heterocycles. The van der Waals surface area contributed by atoms with E-state index in [2.05, 4.69) is 491 Å². The van der Waals surface area contributed by atoms with Crippen LogP contribution in [0.2, 0.25) is 0 Å². The number of rotatable bonds is 14. The van der Waals surface area contributed by atoms with Gasteiger partial charge in [0, 0.05) is 83.5 Å². The number of para-hydroxylation sites is 6. The molecule has 0 radical (unpaired) electrons. The SMILES string of the molecule is c1ccc(-c2cc(-c3ccc(-c4cccc5c4-c4ccccc4C54c5ccccc5Oc5ccccc54)cc3)nc(-c3ccc(-c4cccc(-c5cc(-c6ccc(-c7cccc(-c8nc(-c9ccccc9)nc(-c9ccc(-c%10cccc%11c%10-c%10ccccc%10C%11%10c%11ccccc%11Oc%11ccccc%11%10)cc9)n8)c7)cc6)nc(-c6ccc(-c7cccc8c7-c7ccccc7C87c8ccccc8Oc8ccccc87)cc6)n5)c4)cc3)n2)cc1. The van der Waals surface area contributed by atoms with Crippen molar-refractivity contribution in [2.24, 2.45) is 0 Å². The first kappa shape index (κ1) is 85.7. The second-order valence-electron chi connectivity index (χ2n) is 39.4. The zero-order valence-corrected chi connectivity index (χ0v) is 80.9. The lowest BCUT2D eigenvalue weighted by atomic mass is 9.66. The van der Waals surface area contributed by atoms with Crippen LogP contribution < -0.4 is 14.2 Å². The molecule has 6 heterocycles. The third-order valence-corrected chi connectivity index (χ3v) is 31.5. The van der Waals surface area contributed by atoms with E-state index in [4.69, 9.17) is 49.1 Å². The average molecular weight is 1910 g/mol. The van der Waals surface area contributed by atoms with Gasteiger partial charge in [-0.25, -0.2) is 34.9 Å². The van der Waals surface area contributed by atoms with E-state index < -0.39 is 16.2 Å². The second kappa shape index (κ2) is 34.2. The number of benzene rings is 21. The number of hydrogen-bond acceptors (Lipinski definition) is 10. The molecule has 0 bridgehead atoms. The van der Waals surface area contributed by atoms with E-state index in [0.717, 1.165) is 196 Å². The number of nitrogens with zero attached hydrogens (tertiary/aromatic N) is 7. The molecule has 150 heavy (non-hydrogen) atoms. The highest BCUT2D eigenvalue weighted by atomic mass is 16.5. The Labute approximate surface area is 867 Å². The molecule has 0 unspecified atom stereocenters. The van der Waals surface area contributed by atoms with Crippen LogP contribution in [-0.2, 0) is 16.2 Å². The molecular weight excluding hydrogens is 1830 g/mol. The molecule has 0 amide bonds. The largest absolute Gasteiger partial charge is 0.457 e. The molecule has 0 saturated carbocycles. The summed E-state index contributed by atoms with van der Waals surface area (Å²) in [5, 5.41) is 0. The highest BCUT2D eigenvalue weighted by Crippen LogP contribution is 2.68. The summed E-state index contributed by atoms with van der Waals surface area (Å²) in [5.41, 5.74) is 41.9. The molecule has 30 rings (SSSR count). The maximum Gasteiger partial charge on any atom is 0.164 e. The van der Waals surface area contributed by atoms with E-state index in [0.29, 0.717) is 29.1 Å². The normalized spacial score (nSPS) is 13.4. The van der Waals surface area contributed by atoms with Crippen molar-refractivity contribution >= 4 is 0 Å². The Morgan fingerprint density at radius 1 is 0.120 bits per heavy atom. The van der Waals surface area contributed by atoms with Crippen LogP contribution in [-0.4, -0.2) is 34.9 Å². The lowest BCUT2D eigenvalue weighted by Crippen LogP contribution is -2.32. The monoisotopic (exact) mass is 1910 g/mol. The minimum Gasteiger partial charge on any atom is -0.457 e. The van der Waals surface area contributed by atoms with Gasteiger partial charge in [-0.05, 0) is 183 Å². The van der Waals surface area contributed by atoms with Gasteiger partial charge in [-0.2, -0.15) is 0 Å². The van der Waals surface area contributed by atoms with Crippen LogP contribution in [0.3, 0.4) is 0 Å². The minimum atomic E-state index is -0.612. The smallest absolute Gasteiger partial charge is 0.164 e. The summed E-state index contributed by atoms with van der Waals surface area (Å²) >= 11 is 0. The topological polar surface area (TPSA) is 118 Å². The second-order valence-corrected chi connectivity index (χ2v) is 39.4. The van der Waals surface area contributed by atoms with E-state index >= 15 is 0 Å². The molecular formula is C140H85N7O3. The zero-order chi connectivity index (χ0) is 98.7. The van der Waals surface area contributed by atoms with Crippen molar-refractivity contribution in [1.82, 2.24) is 34.9 Å². The summed E-state index contributed by atoms with van der Waals surface area (Å²) in [5.74, 6) is 8.12. The lowest BCUT2D eigenvalue weighted by Gasteiger charge is -2.39. The van der Waals surface area contributed by atoms with Crippen LogP contribution in [0.15, 0.2) is 516 Å². The molecule has 0 N–H and O–H groups in total. The van der Waals surface area contributed by atoms with Gasteiger partial charge >= 0.3 is 0 Å². The van der Waals surface area contributed by atoms with Crippen LogP contribution >= 0.6 is 0 Å². The van der Waals surface area contributed by atoms with Gasteiger partial charge in [0.05, 0.1) is 39.0 Å². The quantitative estimate of drug-likeness (QED) is 0.104. The molecule has 0 saturated heterocycles. The van der Waals surface area contributed by atoms with Crippen LogP contribution in [0.1, 0.15) is 66.8 Å². The predicted molar refractivity (Wildman–Crippen MR) is 599 cm³/mol. The van der Waals surface area contributed by atoms with Gasteiger partial charge < -0.3 is 14.2 Å². The third kappa shape index (κ3) is 13.3. The fourth-order valence-electron chi connectivity index (χ4n) is 24.9. The molecule has 6 aliphatic rings. The van der Waals surface area contributed by atoms with E-state index in [9.17, 15) is 0 Å². The van der Waals surface area contributed by atoms with Gasteiger partial charge in [0.2, 0.25) is 0 Å². The average Bonchev–Trinajstić information content (AvgIpc) is 1.52. The Balaban J connectivity index is 0.489. The third-order valence-electron chi connectivity index (χ3n) is 31.5. The molecule has 3 aliphatic carbocycles. The van der Waals surface area contributed by atoms with Crippen LogP contribution in [0, 0.1) is 0 Å². The van der Waals surface area contributed by atoms with Crippen molar-refractivity contribution in [1.29, 1.82) is 0 Å². The number of aromatic nitrogens is 7. The van der Waals surface area contributed by atoms with Crippen molar-refractivity contribution < 1.29 is 14.2 Å². The van der Waals surface area contributed by atoms with Gasteiger partial charge in [-0.3, -0.25) is 0 Å². The standard InChI is InChI=1S/C140H85N7O3/c1-3-30-91(31-4-1)120-84-121(93-74-66-88(67-75-93)102-41-27-53-117-130(102)105-38-7-10-44-108(105)138(117)111-47-13-19-56-124(111)148-125-57-20-14-48-112(125)138)142-133(141-120)95-76-64-87(65-77-95)98-34-25-36-100(82-98)123-85-122(143-134(144-123)96-78-68-89(69-79-96)103-42-28-54-118-131(103)106-39-8-11-45-109(106)139(118)113-49-15-21-58-126(113)149-127-59-22-16-50-114(127)139)92-72-62-86(63-73-92)99-35-26-37-101(83-99)137-146-135(94-32-5-2-6-33-94)145-136(147-137)97-80-70-90(71-81-97)104-43-29-55-119-132(104)107-40-9-12-46-110(107)140(119)115-51-17-23-60-128(115)150-129-61-24-18-52-116(129)140/h1-85H. The summed E-state index contributed by atoms with van der Waals surface area (Å²) < 4.78 is 20.1. The molecule has 3 spiro atoms. The fourth-order valence-corrected chi connectivity index (χ4v) is 24.9. The summed E-state index contributed by atoms with van der Waals surface area (Å²) in [4.78, 5) is 37.7. The maximum atomic E-state index is 6.74. The van der Waals surface area contributed by atoms with Gasteiger partial charge in [0.15, 0.2) is 29.1 Å². The zero-order valence-electron chi connectivity index (χ0n) is 80.9. The van der Waals surface area contributed by atoms with E-state index in [1.165, 1.54) is 66.8 Å². The van der Waals surface area contributed by atoms with Crippen LogP contribution in [0.25, 0.3) is 191 Å². The Bertz CT molecular complexity index is 9530. The molecule has 0 fully saturated rings. The Hall–Kier alpha value is -19.8. The van der Waals surface area contributed by atoms with Gasteiger partial charge in [-0.1, -0.05) is 455 Å². The summed E-state index contributed by atoms with van der Waals surface area (Å²) in [7, 11) is 0. The molecule has 24 aromatic rings. The van der Waals surface area contributed by atoms with Gasteiger partial charge in [0.25, 0.3) is 0 Å². The van der Waals surface area contributed by atoms with Crippen molar-refractivity contribution in [2.45, 2.75) is 16.2 Å². The molecule has 3 aliphatic heterocycles. The van der Waals surface area contributed by atoms with Crippen molar-refractivity contribution in [2.75, 3.05) is 0 Å². The minimum absolute atomic E-state index is 0.561. The Kier molecular flexibility index (Phi) is 19.5. The maximum absolute atomic E-state index is 6.74. The predicted octanol–water partition coefficient (Wildman–Crippen LogP) is 34.2. The highest BCUT2D eigenvalue weighted by Gasteiger charge is 2.55. The molecule has 698 valence electrons. The Morgan fingerprint density at radius 2 is 0.320 bits per heavy atom. The number of fused-ring (bicyclic) bond motifs is 27. The van der Waals surface area contributed by atoms with Gasteiger partial charge in [-0.15, -0.1) is 0 Å². The van der Waals surface area contributed by atoms with Crippen molar-refractivity contribution in [3.8, 4) is 225 Å². The van der Waals surface area contributed by atoms with Crippen LogP contribution in [0.5, 0.6) is 34.5 Å². The fraction of sp³-hybridized carbons (Fsp3) is 0.0214. The van der Waals surface area contributed by atoms with Gasteiger partial charge in [0.1, 0.15) is 34.5 Å². The van der Waals surface area contributed by atoms with Crippen LogP contribution in [0.4, 0.5) is 0 Å².